The summed E-state index contributed by atoms with van der Waals surface area (Å²) < 4.78 is 0. The molecule has 3 amide bonds. The molecule has 0 aromatic carbocycles. The van der Waals surface area contributed by atoms with Gasteiger partial charge in [0.15, 0.2) is 0 Å². The Kier molecular flexibility index (Phi) is 2.65. The van der Waals surface area contributed by atoms with Crippen LogP contribution >= 0.6 is 0 Å². The number of carbonyl (C=O) groups is 3. The summed E-state index contributed by atoms with van der Waals surface area (Å²) in [5, 5.41) is 0. The average molecular weight is 184 g/mol. The van der Waals surface area contributed by atoms with Crippen molar-refractivity contribution in [2.75, 3.05) is 13.1 Å². The largest absolute Gasteiger partial charge is 0.327 e. The molecular formula is C8H12N2O3. The molecule has 5 heteroatoms. The fraction of sp³-hybridized carbons (Fsp3) is 0.625. The topological polar surface area (TPSA) is 57.7 Å². The highest BCUT2D eigenvalue weighted by Gasteiger charge is 2.36. The molecule has 1 heterocycles. The summed E-state index contributed by atoms with van der Waals surface area (Å²) in [5.74, 6) is -0.234. The van der Waals surface area contributed by atoms with E-state index in [9.17, 15) is 14.4 Å². The molecule has 5 nitrogen and oxygen atoms in total. The lowest BCUT2D eigenvalue weighted by molar-refractivity contribution is -0.126. The van der Waals surface area contributed by atoms with Gasteiger partial charge in [-0.3, -0.25) is 9.69 Å². The predicted molar refractivity (Wildman–Crippen MR) is 45.0 cm³/mol. The van der Waals surface area contributed by atoms with Crippen LogP contribution in [0.1, 0.15) is 13.8 Å². The first-order valence-electron chi connectivity index (χ1n) is 4.12. The van der Waals surface area contributed by atoms with Crippen molar-refractivity contribution in [3.05, 3.63) is 0 Å². The summed E-state index contributed by atoms with van der Waals surface area (Å²) in [6, 6.07) is -0.510. The Morgan fingerprint density at radius 2 is 2.08 bits per heavy atom. The molecule has 0 aromatic rings. The van der Waals surface area contributed by atoms with Gasteiger partial charge in [0, 0.05) is 6.04 Å². The van der Waals surface area contributed by atoms with E-state index in [1.165, 1.54) is 9.80 Å². The quantitative estimate of drug-likeness (QED) is 0.453. The van der Waals surface area contributed by atoms with Gasteiger partial charge in [0.25, 0.3) is 5.91 Å². The zero-order valence-electron chi connectivity index (χ0n) is 7.69. The predicted octanol–water partition coefficient (Wildman–Crippen LogP) is -0.142. The van der Waals surface area contributed by atoms with E-state index < -0.39 is 0 Å². The first-order valence-corrected chi connectivity index (χ1v) is 4.12. The lowest BCUT2D eigenvalue weighted by atomic mass is 10.3. The molecule has 0 saturated carbocycles. The van der Waals surface area contributed by atoms with Crippen LogP contribution in [0.3, 0.4) is 0 Å². The van der Waals surface area contributed by atoms with Crippen LogP contribution in [0.2, 0.25) is 0 Å². The monoisotopic (exact) mass is 184 g/mol. The fourth-order valence-corrected chi connectivity index (χ4v) is 1.31. The zero-order chi connectivity index (χ0) is 10.0. The van der Waals surface area contributed by atoms with Gasteiger partial charge < -0.3 is 9.69 Å². The first-order chi connectivity index (χ1) is 6.07. The molecule has 0 N–H and O–H groups in total. The van der Waals surface area contributed by atoms with Crippen LogP contribution in [0, 0.1) is 0 Å². The van der Waals surface area contributed by atoms with Crippen LogP contribution < -0.4 is 0 Å². The van der Waals surface area contributed by atoms with Crippen molar-refractivity contribution in [3.63, 3.8) is 0 Å². The van der Waals surface area contributed by atoms with Gasteiger partial charge in [-0.05, 0) is 13.8 Å². The Morgan fingerprint density at radius 3 is 2.46 bits per heavy atom. The maximum Gasteiger partial charge on any atom is 0.327 e. The van der Waals surface area contributed by atoms with Crippen molar-refractivity contribution in [2.45, 2.75) is 19.9 Å². The van der Waals surface area contributed by atoms with Gasteiger partial charge in [-0.1, -0.05) is 0 Å². The summed E-state index contributed by atoms with van der Waals surface area (Å²) in [4.78, 5) is 35.2. The molecule has 1 aliphatic heterocycles. The van der Waals surface area contributed by atoms with E-state index in [-0.39, 0.29) is 31.1 Å². The lowest BCUT2D eigenvalue weighted by Crippen LogP contribution is -2.38. The summed E-state index contributed by atoms with van der Waals surface area (Å²) in [6.45, 7) is 3.55. The molecule has 13 heavy (non-hydrogen) atoms. The van der Waals surface area contributed by atoms with Gasteiger partial charge >= 0.3 is 6.03 Å². The second-order valence-electron chi connectivity index (χ2n) is 3.19. The van der Waals surface area contributed by atoms with Crippen molar-refractivity contribution >= 4 is 18.2 Å². The van der Waals surface area contributed by atoms with Crippen molar-refractivity contribution < 1.29 is 14.4 Å². The van der Waals surface area contributed by atoms with E-state index in [1.807, 2.05) is 0 Å². The smallest absolute Gasteiger partial charge is 0.308 e. The minimum atomic E-state index is -0.368. The molecule has 0 aromatic heterocycles. The van der Waals surface area contributed by atoms with Crippen LogP contribution in [-0.4, -0.2) is 47.2 Å². The zero-order valence-corrected chi connectivity index (χ0v) is 7.69. The van der Waals surface area contributed by atoms with E-state index in [1.54, 1.807) is 13.8 Å². The second-order valence-corrected chi connectivity index (χ2v) is 3.19. The average Bonchev–Trinajstić information content (AvgIpc) is 2.28. The number of amides is 3. The highest BCUT2D eigenvalue weighted by molar-refractivity contribution is 6.02. The number of aldehydes is 1. The molecule has 0 bridgehead atoms. The number of hydrogen-bond acceptors (Lipinski definition) is 3. The van der Waals surface area contributed by atoms with Crippen LogP contribution in [0.25, 0.3) is 0 Å². The van der Waals surface area contributed by atoms with Gasteiger partial charge in [-0.15, -0.1) is 0 Å². The second kappa shape index (κ2) is 3.55. The summed E-state index contributed by atoms with van der Waals surface area (Å²) >= 11 is 0. The van der Waals surface area contributed by atoms with Crippen molar-refractivity contribution in [3.8, 4) is 0 Å². The van der Waals surface area contributed by atoms with E-state index in [4.69, 9.17) is 0 Å². The molecule has 0 unspecified atom stereocenters. The third kappa shape index (κ3) is 1.68. The van der Waals surface area contributed by atoms with Crippen LogP contribution in [-0.2, 0) is 9.59 Å². The van der Waals surface area contributed by atoms with Gasteiger partial charge in [0.2, 0.25) is 0 Å². The number of urea groups is 1. The van der Waals surface area contributed by atoms with Crippen molar-refractivity contribution in [2.24, 2.45) is 0 Å². The SMILES string of the molecule is CC(C)N1C(=O)CN(CC=O)C1=O. The number of rotatable bonds is 3. The molecule has 1 rings (SSSR count). The molecular weight excluding hydrogens is 172 g/mol. The Hall–Kier alpha value is -1.39. The molecule has 72 valence electrons. The Morgan fingerprint density at radius 1 is 1.46 bits per heavy atom. The fourth-order valence-electron chi connectivity index (χ4n) is 1.31. The maximum absolute atomic E-state index is 11.4. The number of nitrogens with zero attached hydrogens (tertiary/aromatic N) is 2. The summed E-state index contributed by atoms with van der Waals surface area (Å²) in [5.41, 5.74) is 0. The first kappa shape index (κ1) is 9.70. The minimum absolute atomic E-state index is 0.00616. The summed E-state index contributed by atoms with van der Waals surface area (Å²) in [7, 11) is 0. The number of hydrogen-bond donors (Lipinski definition) is 0. The molecule has 0 spiro atoms. The van der Waals surface area contributed by atoms with E-state index in [0.717, 1.165) is 0 Å². The van der Waals surface area contributed by atoms with Crippen LogP contribution in [0.15, 0.2) is 0 Å². The van der Waals surface area contributed by atoms with Gasteiger partial charge in [-0.2, -0.15) is 0 Å². The third-order valence-electron chi connectivity index (χ3n) is 1.88. The maximum atomic E-state index is 11.4. The normalized spacial score (nSPS) is 17.5. The van der Waals surface area contributed by atoms with Gasteiger partial charge in [0.1, 0.15) is 12.8 Å². The van der Waals surface area contributed by atoms with Crippen molar-refractivity contribution in [1.82, 2.24) is 9.80 Å². The number of carbonyl (C=O) groups excluding carboxylic acids is 3. The standard InChI is InChI=1S/C8H12N2O3/c1-6(2)10-7(12)5-9(3-4-11)8(10)13/h4,6H,3,5H2,1-2H3. The number of imide groups is 1. The molecule has 1 aliphatic rings. The Labute approximate surface area is 76.3 Å². The van der Waals surface area contributed by atoms with Crippen molar-refractivity contribution in [1.29, 1.82) is 0 Å². The molecule has 1 saturated heterocycles. The molecule has 0 aliphatic carbocycles. The Balaban J connectivity index is 2.75. The van der Waals surface area contributed by atoms with E-state index >= 15 is 0 Å². The molecule has 0 radical (unpaired) electrons. The van der Waals surface area contributed by atoms with Crippen LogP contribution in [0.5, 0.6) is 0 Å². The van der Waals surface area contributed by atoms with Gasteiger partial charge in [0.05, 0.1) is 6.54 Å². The summed E-state index contributed by atoms with van der Waals surface area (Å²) in [6.07, 6.45) is 0.620. The van der Waals surface area contributed by atoms with E-state index in [0.29, 0.717) is 6.29 Å². The highest BCUT2D eigenvalue weighted by atomic mass is 16.2. The molecule has 0 atom stereocenters. The third-order valence-corrected chi connectivity index (χ3v) is 1.88. The van der Waals surface area contributed by atoms with Crippen LogP contribution in [0.4, 0.5) is 4.79 Å². The Bertz CT molecular complexity index is 250. The van der Waals surface area contributed by atoms with Gasteiger partial charge in [-0.25, -0.2) is 4.79 Å². The molecule has 1 fully saturated rings. The highest BCUT2D eigenvalue weighted by Crippen LogP contribution is 2.12. The van der Waals surface area contributed by atoms with E-state index in [2.05, 4.69) is 0 Å². The lowest BCUT2D eigenvalue weighted by Gasteiger charge is -2.18. The minimum Gasteiger partial charge on any atom is -0.308 e.